The molecule has 0 atom stereocenters. The van der Waals surface area contributed by atoms with Gasteiger partial charge in [-0.2, -0.15) is 4.31 Å². The molecule has 0 aromatic heterocycles. The normalized spacial score (nSPS) is 15.5. The van der Waals surface area contributed by atoms with E-state index in [2.05, 4.69) is 5.32 Å². The maximum Gasteiger partial charge on any atom is 0.270 e. The van der Waals surface area contributed by atoms with Gasteiger partial charge in [0.05, 0.1) is 9.82 Å². The first kappa shape index (κ1) is 22.7. The number of carbonyl (C=O) groups is 1. The summed E-state index contributed by atoms with van der Waals surface area (Å²) in [6, 6.07) is 7.97. The van der Waals surface area contributed by atoms with Crippen LogP contribution in [-0.2, 0) is 14.8 Å². The Morgan fingerprint density at radius 1 is 1.06 bits per heavy atom. The van der Waals surface area contributed by atoms with Gasteiger partial charge in [-0.1, -0.05) is 6.07 Å². The first-order valence-electron chi connectivity index (χ1n) is 9.38. The molecule has 0 saturated carbocycles. The van der Waals surface area contributed by atoms with Crippen molar-refractivity contribution >= 4 is 27.3 Å². The van der Waals surface area contributed by atoms with Gasteiger partial charge < -0.3 is 10.2 Å². The summed E-state index contributed by atoms with van der Waals surface area (Å²) in [5, 5.41) is 13.4. The van der Waals surface area contributed by atoms with E-state index in [0.717, 1.165) is 18.2 Å². The van der Waals surface area contributed by atoms with E-state index in [1.165, 1.54) is 28.6 Å². The van der Waals surface area contributed by atoms with Gasteiger partial charge in [0.15, 0.2) is 11.6 Å². The quantitative estimate of drug-likeness (QED) is 0.507. The van der Waals surface area contributed by atoms with Gasteiger partial charge in [0, 0.05) is 63.0 Å². The van der Waals surface area contributed by atoms with Crippen LogP contribution in [0, 0.1) is 21.7 Å². The molecule has 31 heavy (non-hydrogen) atoms. The first-order valence-corrected chi connectivity index (χ1v) is 10.8. The zero-order chi connectivity index (χ0) is 22.6. The second-order valence-corrected chi connectivity index (χ2v) is 8.87. The average Bonchev–Trinajstić information content (AvgIpc) is 2.75. The third-order valence-electron chi connectivity index (χ3n) is 4.86. The van der Waals surface area contributed by atoms with E-state index >= 15 is 0 Å². The number of anilines is 1. The topological polar surface area (TPSA) is 113 Å². The van der Waals surface area contributed by atoms with E-state index in [1.807, 2.05) is 4.90 Å². The number of hydrogen-bond donors (Lipinski definition) is 1. The lowest BCUT2D eigenvalue weighted by molar-refractivity contribution is -0.385. The highest BCUT2D eigenvalue weighted by atomic mass is 32.2. The van der Waals surface area contributed by atoms with E-state index in [9.17, 15) is 32.1 Å². The molecule has 1 saturated heterocycles. The Hall–Kier alpha value is -2.96. The zero-order valence-electron chi connectivity index (χ0n) is 16.3. The number of benzene rings is 2. The summed E-state index contributed by atoms with van der Waals surface area (Å²) in [6.07, 6.45) is 0.0939. The summed E-state index contributed by atoms with van der Waals surface area (Å²) in [5.41, 5.74) is -0.150. The lowest BCUT2D eigenvalue weighted by Crippen LogP contribution is -2.49. The first-order chi connectivity index (χ1) is 14.7. The van der Waals surface area contributed by atoms with Crippen LogP contribution in [0.1, 0.15) is 6.42 Å². The summed E-state index contributed by atoms with van der Waals surface area (Å²) in [7, 11) is -3.86. The predicted octanol–water partition coefficient (Wildman–Crippen LogP) is 2.21. The summed E-state index contributed by atoms with van der Waals surface area (Å²) >= 11 is 0. The number of rotatable bonds is 7. The standard InChI is InChI=1S/C19H20F2N4O5S/c20-17-5-4-14(12-18(17)21)22-19(26)6-7-23-8-10-24(11-9-23)31(29,30)16-3-1-2-15(13-16)25(27)28/h1-5,12-13H,6-11H2,(H,22,26). The molecule has 2 aromatic carbocycles. The fraction of sp³-hybridized carbons (Fsp3) is 0.316. The van der Waals surface area contributed by atoms with Gasteiger partial charge in [-0.25, -0.2) is 17.2 Å². The Bertz CT molecular complexity index is 1090. The van der Waals surface area contributed by atoms with Crippen LogP contribution < -0.4 is 5.32 Å². The van der Waals surface area contributed by atoms with Crippen molar-refractivity contribution in [2.75, 3.05) is 38.0 Å². The van der Waals surface area contributed by atoms with E-state index in [1.54, 1.807) is 0 Å². The van der Waals surface area contributed by atoms with Crippen molar-refractivity contribution in [2.24, 2.45) is 0 Å². The van der Waals surface area contributed by atoms with Crippen LogP contribution in [0.3, 0.4) is 0 Å². The third kappa shape index (κ3) is 5.60. The molecule has 1 fully saturated rings. The number of halogens is 2. The molecule has 1 heterocycles. The number of sulfonamides is 1. The second-order valence-electron chi connectivity index (χ2n) is 6.93. The largest absolute Gasteiger partial charge is 0.326 e. The van der Waals surface area contributed by atoms with Crippen molar-refractivity contribution in [1.29, 1.82) is 0 Å². The van der Waals surface area contributed by atoms with Crippen LogP contribution >= 0.6 is 0 Å². The molecular formula is C19H20F2N4O5S. The smallest absolute Gasteiger partial charge is 0.270 e. The van der Waals surface area contributed by atoms with Crippen LogP contribution in [0.25, 0.3) is 0 Å². The lowest BCUT2D eigenvalue weighted by atomic mass is 10.2. The zero-order valence-corrected chi connectivity index (χ0v) is 17.1. The molecule has 0 spiro atoms. The van der Waals surface area contributed by atoms with Gasteiger partial charge in [0.1, 0.15) is 0 Å². The van der Waals surface area contributed by atoms with Crippen LogP contribution in [-0.4, -0.2) is 61.2 Å². The van der Waals surface area contributed by atoms with Gasteiger partial charge in [0.2, 0.25) is 15.9 Å². The van der Waals surface area contributed by atoms with Crippen molar-refractivity contribution in [3.63, 3.8) is 0 Å². The predicted molar refractivity (Wildman–Crippen MR) is 108 cm³/mol. The minimum atomic E-state index is -3.86. The molecule has 2 aromatic rings. The van der Waals surface area contributed by atoms with Crippen molar-refractivity contribution < 1.29 is 26.9 Å². The fourth-order valence-electron chi connectivity index (χ4n) is 3.16. The molecule has 1 aliphatic rings. The molecule has 166 valence electrons. The molecule has 0 aliphatic carbocycles. The molecule has 9 nitrogen and oxygen atoms in total. The number of nitrogens with zero attached hydrogens (tertiary/aromatic N) is 3. The van der Waals surface area contributed by atoms with E-state index in [4.69, 9.17) is 0 Å². The number of hydrogen-bond acceptors (Lipinski definition) is 6. The summed E-state index contributed by atoms with van der Waals surface area (Å²) in [6.45, 7) is 1.48. The third-order valence-corrected chi connectivity index (χ3v) is 6.75. The SMILES string of the molecule is O=C(CCN1CCN(S(=O)(=O)c2cccc([N+](=O)[O-])c2)CC1)Nc1ccc(F)c(F)c1. The Kier molecular flexibility index (Phi) is 6.93. The molecule has 0 radical (unpaired) electrons. The Balaban J connectivity index is 1.51. The Morgan fingerprint density at radius 3 is 2.42 bits per heavy atom. The van der Waals surface area contributed by atoms with E-state index in [0.29, 0.717) is 19.6 Å². The number of carbonyl (C=O) groups excluding carboxylic acids is 1. The molecule has 1 amide bonds. The van der Waals surface area contributed by atoms with E-state index < -0.39 is 26.6 Å². The molecule has 1 aliphatic heterocycles. The van der Waals surface area contributed by atoms with Gasteiger partial charge in [-0.3, -0.25) is 14.9 Å². The van der Waals surface area contributed by atoms with Gasteiger partial charge in [-0.05, 0) is 18.2 Å². The van der Waals surface area contributed by atoms with Crippen LogP contribution in [0.2, 0.25) is 0 Å². The van der Waals surface area contributed by atoms with E-state index in [-0.39, 0.29) is 41.7 Å². The van der Waals surface area contributed by atoms with Crippen molar-refractivity contribution in [3.8, 4) is 0 Å². The van der Waals surface area contributed by atoms with Crippen LogP contribution in [0.4, 0.5) is 20.2 Å². The minimum Gasteiger partial charge on any atom is -0.326 e. The highest BCUT2D eigenvalue weighted by Gasteiger charge is 2.29. The van der Waals surface area contributed by atoms with Gasteiger partial charge in [-0.15, -0.1) is 0 Å². The number of non-ortho nitro benzene ring substituents is 1. The number of piperazine rings is 1. The highest BCUT2D eigenvalue weighted by Crippen LogP contribution is 2.22. The van der Waals surface area contributed by atoms with Crippen LogP contribution in [0.5, 0.6) is 0 Å². The fourth-order valence-corrected chi connectivity index (χ4v) is 4.62. The number of nitro groups is 1. The Morgan fingerprint density at radius 2 is 1.77 bits per heavy atom. The molecule has 1 N–H and O–H groups in total. The molecule has 12 heteroatoms. The second kappa shape index (κ2) is 9.45. The maximum atomic E-state index is 13.2. The summed E-state index contributed by atoms with van der Waals surface area (Å²) in [5.74, 6) is -2.44. The maximum absolute atomic E-state index is 13.2. The Labute approximate surface area is 177 Å². The van der Waals surface area contributed by atoms with Crippen LogP contribution in [0.15, 0.2) is 47.4 Å². The van der Waals surface area contributed by atoms with Crippen molar-refractivity contribution in [2.45, 2.75) is 11.3 Å². The average molecular weight is 454 g/mol. The molecular weight excluding hydrogens is 434 g/mol. The van der Waals surface area contributed by atoms with Gasteiger partial charge >= 0.3 is 0 Å². The number of nitrogens with one attached hydrogen (secondary N) is 1. The van der Waals surface area contributed by atoms with Gasteiger partial charge in [0.25, 0.3) is 5.69 Å². The van der Waals surface area contributed by atoms with Crippen molar-refractivity contribution in [1.82, 2.24) is 9.21 Å². The van der Waals surface area contributed by atoms with Crippen molar-refractivity contribution in [3.05, 3.63) is 64.2 Å². The minimum absolute atomic E-state index is 0.0939. The number of amides is 1. The number of nitro benzene ring substituents is 1. The summed E-state index contributed by atoms with van der Waals surface area (Å²) < 4.78 is 52.9. The molecule has 3 rings (SSSR count). The monoisotopic (exact) mass is 454 g/mol. The highest BCUT2D eigenvalue weighted by molar-refractivity contribution is 7.89. The molecule has 0 bridgehead atoms. The summed E-state index contributed by atoms with van der Waals surface area (Å²) in [4.78, 5) is 24.0. The lowest BCUT2D eigenvalue weighted by Gasteiger charge is -2.33. The molecule has 0 unspecified atom stereocenters.